The molecule has 134 valence electrons. The molecular weight excluding hydrogens is 340 g/mol. The summed E-state index contributed by atoms with van der Waals surface area (Å²) in [7, 11) is 0. The van der Waals surface area contributed by atoms with Crippen molar-refractivity contribution in [2.45, 2.75) is 25.8 Å². The van der Waals surface area contributed by atoms with Gasteiger partial charge in [0.1, 0.15) is 0 Å². The van der Waals surface area contributed by atoms with E-state index in [-0.39, 0.29) is 12.4 Å². The molecule has 0 spiro atoms. The van der Waals surface area contributed by atoms with E-state index in [9.17, 15) is 4.79 Å². The van der Waals surface area contributed by atoms with Gasteiger partial charge < -0.3 is 9.42 Å². The van der Waals surface area contributed by atoms with Crippen LogP contribution in [0.2, 0.25) is 0 Å². The first-order chi connectivity index (χ1) is 11.8. The fourth-order valence-electron chi connectivity index (χ4n) is 3.15. The molecule has 2 fully saturated rings. The number of hydrogen-bond donors (Lipinski definition) is 0. The highest BCUT2D eigenvalue weighted by Gasteiger charge is 2.33. The second-order valence-corrected chi connectivity index (χ2v) is 6.61. The van der Waals surface area contributed by atoms with Crippen LogP contribution in [-0.2, 0) is 11.3 Å². The summed E-state index contributed by atoms with van der Waals surface area (Å²) in [5.41, 5.74) is 0.938. The normalized spacial score (nSPS) is 18.5. The molecule has 2 heterocycles. The Kier molecular flexibility index (Phi) is 5.71. The first-order valence-corrected chi connectivity index (χ1v) is 8.69. The van der Waals surface area contributed by atoms with E-state index in [1.165, 1.54) is 0 Å². The molecule has 4 rings (SSSR count). The number of aromatic nitrogens is 2. The molecule has 1 amide bonds. The summed E-state index contributed by atoms with van der Waals surface area (Å²) >= 11 is 0. The van der Waals surface area contributed by atoms with Crippen LogP contribution in [0.25, 0.3) is 11.5 Å². The van der Waals surface area contributed by atoms with Crippen LogP contribution in [0.5, 0.6) is 0 Å². The average molecular weight is 363 g/mol. The Balaban J connectivity index is 0.00000182. The van der Waals surface area contributed by atoms with Crippen molar-refractivity contribution in [1.82, 2.24) is 19.9 Å². The average Bonchev–Trinajstić information content (AvgIpc) is 3.40. The summed E-state index contributed by atoms with van der Waals surface area (Å²) in [6.45, 7) is 4.17. The molecule has 1 saturated heterocycles. The van der Waals surface area contributed by atoms with Gasteiger partial charge in [-0.3, -0.25) is 9.69 Å². The van der Waals surface area contributed by atoms with Gasteiger partial charge >= 0.3 is 0 Å². The monoisotopic (exact) mass is 362 g/mol. The molecule has 0 bridgehead atoms. The van der Waals surface area contributed by atoms with E-state index in [0.29, 0.717) is 30.1 Å². The van der Waals surface area contributed by atoms with Crippen molar-refractivity contribution < 1.29 is 9.32 Å². The first kappa shape index (κ1) is 17.9. The molecule has 1 aliphatic carbocycles. The first-order valence-electron chi connectivity index (χ1n) is 8.69. The van der Waals surface area contributed by atoms with Crippen LogP contribution in [0.15, 0.2) is 34.9 Å². The van der Waals surface area contributed by atoms with Gasteiger partial charge in [0.2, 0.25) is 5.91 Å². The highest BCUT2D eigenvalue weighted by Crippen LogP contribution is 2.31. The number of benzene rings is 1. The van der Waals surface area contributed by atoms with Gasteiger partial charge in [-0.1, -0.05) is 23.4 Å². The number of nitrogens with zero attached hydrogens (tertiary/aromatic N) is 4. The Hall–Kier alpha value is -1.92. The van der Waals surface area contributed by atoms with Crippen molar-refractivity contribution in [3.63, 3.8) is 0 Å². The van der Waals surface area contributed by atoms with Crippen LogP contribution in [0.4, 0.5) is 0 Å². The number of amides is 1. The molecule has 25 heavy (non-hydrogen) atoms. The summed E-state index contributed by atoms with van der Waals surface area (Å²) in [5, 5.41) is 4.10. The van der Waals surface area contributed by atoms with Gasteiger partial charge in [-0.25, -0.2) is 0 Å². The summed E-state index contributed by atoms with van der Waals surface area (Å²) in [4.78, 5) is 21.0. The van der Waals surface area contributed by atoms with Crippen LogP contribution in [0.3, 0.4) is 0 Å². The van der Waals surface area contributed by atoms with Crippen LogP contribution in [-0.4, -0.2) is 52.0 Å². The largest absolute Gasteiger partial charge is 0.341 e. The molecular formula is C18H23ClN4O2. The minimum atomic E-state index is 0. The number of carbonyl (C=O) groups excluding carboxylic acids is 1. The van der Waals surface area contributed by atoms with Gasteiger partial charge in [-0.05, 0) is 31.4 Å². The fraction of sp³-hybridized carbons (Fsp3) is 0.500. The van der Waals surface area contributed by atoms with Gasteiger partial charge in [-0.15, -0.1) is 12.4 Å². The predicted octanol–water partition coefficient (Wildman–Crippen LogP) is 2.60. The number of rotatable bonds is 4. The minimum Gasteiger partial charge on any atom is -0.341 e. The molecule has 1 aliphatic heterocycles. The van der Waals surface area contributed by atoms with E-state index in [1.807, 2.05) is 35.2 Å². The highest BCUT2D eigenvalue weighted by atomic mass is 35.5. The third-order valence-electron chi connectivity index (χ3n) is 4.68. The third kappa shape index (κ3) is 4.38. The Morgan fingerprint density at radius 3 is 2.68 bits per heavy atom. The van der Waals surface area contributed by atoms with Crippen molar-refractivity contribution in [1.29, 1.82) is 0 Å². The Morgan fingerprint density at radius 2 is 1.92 bits per heavy atom. The SMILES string of the molecule is Cl.O=C(C1CC1)N1CCCN(Cc2noc(-c3ccccc3)n2)CC1. The maximum atomic E-state index is 12.2. The quantitative estimate of drug-likeness (QED) is 0.836. The van der Waals surface area contributed by atoms with Gasteiger partial charge in [0.15, 0.2) is 5.82 Å². The Bertz CT molecular complexity index is 702. The lowest BCUT2D eigenvalue weighted by atomic mass is 10.2. The van der Waals surface area contributed by atoms with E-state index >= 15 is 0 Å². The molecule has 6 nitrogen and oxygen atoms in total. The van der Waals surface area contributed by atoms with E-state index in [2.05, 4.69) is 15.0 Å². The van der Waals surface area contributed by atoms with Crippen molar-refractivity contribution >= 4 is 18.3 Å². The van der Waals surface area contributed by atoms with E-state index in [4.69, 9.17) is 4.52 Å². The zero-order valence-corrected chi connectivity index (χ0v) is 15.0. The topological polar surface area (TPSA) is 62.5 Å². The van der Waals surface area contributed by atoms with Crippen molar-refractivity contribution in [2.75, 3.05) is 26.2 Å². The summed E-state index contributed by atoms with van der Waals surface area (Å²) in [6.07, 6.45) is 3.15. The lowest BCUT2D eigenvalue weighted by Crippen LogP contribution is -2.36. The van der Waals surface area contributed by atoms with Gasteiger partial charge in [0.05, 0.1) is 6.54 Å². The van der Waals surface area contributed by atoms with Crippen LogP contribution >= 0.6 is 12.4 Å². The summed E-state index contributed by atoms with van der Waals surface area (Å²) < 4.78 is 5.37. The second-order valence-electron chi connectivity index (χ2n) is 6.61. The van der Waals surface area contributed by atoms with Crippen LogP contribution < -0.4 is 0 Å². The maximum Gasteiger partial charge on any atom is 0.257 e. The lowest BCUT2D eigenvalue weighted by Gasteiger charge is -2.21. The molecule has 2 aliphatic rings. The van der Waals surface area contributed by atoms with Gasteiger partial charge in [0, 0.05) is 37.7 Å². The molecule has 0 radical (unpaired) electrons. The number of carbonyl (C=O) groups is 1. The molecule has 0 unspecified atom stereocenters. The molecule has 7 heteroatoms. The Labute approximate surface area is 153 Å². The van der Waals surface area contributed by atoms with Crippen molar-refractivity contribution in [2.24, 2.45) is 5.92 Å². The lowest BCUT2D eigenvalue weighted by molar-refractivity contribution is -0.132. The van der Waals surface area contributed by atoms with E-state index in [1.54, 1.807) is 0 Å². The predicted molar refractivity (Wildman–Crippen MR) is 96.2 cm³/mol. The summed E-state index contributed by atoms with van der Waals surface area (Å²) in [6, 6.07) is 9.81. The third-order valence-corrected chi connectivity index (χ3v) is 4.68. The summed E-state index contributed by atoms with van der Waals surface area (Å²) in [5.74, 6) is 1.92. The minimum absolute atomic E-state index is 0. The number of halogens is 1. The van der Waals surface area contributed by atoms with Crippen molar-refractivity contribution in [3.05, 3.63) is 36.2 Å². The van der Waals surface area contributed by atoms with E-state index < -0.39 is 0 Å². The smallest absolute Gasteiger partial charge is 0.257 e. The zero-order chi connectivity index (χ0) is 16.4. The molecule has 2 aromatic rings. The maximum absolute atomic E-state index is 12.2. The molecule has 1 aromatic carbocycles. The van der Waals surface area contributed by atoms with Gasteiger partial charge in [-0.2, -0.15) is 4.98 Å². The standard InChI is InChI=1S/C18H22N4O2.ClH/c23-18(15-7-8-15)22-10-4-9-21(11-12-22)13-16-19-17(24-20-16)14-5-2-1-3-6-14;/h1-3,5-6,15H,4,7-13H2;1H. The van der Waals surface area contributed by atoms with Crippen LogP contribution in [0.1, 0.15) is 25.1 Å². The van der Waals surface area contributed by atoms with Crippen molar-refractivity contribution in [3.8, 4) is 11.5 Å². The second kappa shape index (κ2) is 7.97. The molecule has 0 N–H and O–H groups in total. The number of hydrogen-bond acceptors (Lipinski definition) is 5. The molecule has 1 saturated carbocycles. The highest BCUT2D eigenvalue weighted by molar-refractivity contribution is 5.85. The van der Waals surface area contributed by atoms with Gasteiger partial charge in [0.25, 0.3) is 5.89 Å². The van der Waals surface area contributed by atoms with E-state index in [0.717, 1.165) is 51.0 Å². The Morgan fingerprint density at radius 1 is 1.12 bits per heavy atom. The molecule has 1 aromatic heterocycles. The zero-order valence-electron chi connectivity index (χ0n) is 14.1. The van der Waals surface area contributed by atoms with Crippen LogP contribution in [0, 0.1) is 5.92 Å². The fourth-order valence-corrected chi connectivity index (χ4v) is 3.15. The molecule has 0 atom stereocenters.